The number of halogens is 3. The van der Waals surface area contributed by atoms with Crippen molar-refractivity contribution in [3.8, 4) is 17.0 Å². The zero-order valence-corrected chi connectivity index (χ0v) is 27.9. The Bertz CT molecular complexity index is 1590. The van der Waals surface area contributed by atoms with Crippen molar-refractivity contribution < 1.29 is 41.9 Å². The molecule has 0 radical (unpaired) electrons. The number of ether oxygens (including phenoxy) is 2. The van der Waals surface area contributed by atoms with Crippen molar-refractivity contribution in [2.45, 2.75) is 12.8 Å². The molecule has 2 aromatic carbocycles. The van der Waals surface area contributed by atoms with Gasteiger partial charge in [-0.15, -0.1) is 0 Å². The Kier molecular flexibility index (Phi) is 13.0. The monoisotopic (exact) mass is 677 g/mol. The molecule has 2 fully saturated rings. The van der Waals surface area contributed by atoms with Crippen molar-refractivity contribution in [3.63, 3.8) is 0 Å². The highest BCUT2D eigenvalue weighted by Gasteiger charge is 2.40. The maximum atomic E-state index is 14.6. The number of hydrogen-bond donors (Lipinski definition) is 1. The summed E-state index contributed by atoms with van der Waals surface area (Å²) in [5.74, 6) is -3.40. The first-order valence-corrected chi connectivity index (χ1v) is 15.1. The Balaban J connectivity index is 0.00000114. The van der Waals surface area contributed by atoms with Crippen LogP contribution in [-0.4, -0.2) is 116 Å². The Hall–Kier alpha value is -4.40. The molecular weight excluding hydrogens is 638 g/mol. The molecule has 254 valence electrons. The predicted molar refractivity (Wildman–Crippen MR) is 173 cm³/mol. The average Bonchev–Trinajstić information content (AvgIpc) is 3.69. The summed E-state index contributed by atoms with van der Waals surface area (Å²) in [5, 5.41) is 2.83. The fraction of sp³-hybridized carbons (Fsp3) is 0.406. The van der Waals surface area contributed by atoms with Gasteiger partial charge in [-0.25, -0.2) is 18.7 Å². The van der Waals surface area contributed by atoms with Crippen LogP contribution in [0.2, 0.25) is 5.02 Å². The normalized spacial score (nSPS) is 15.1. The number of nitrogens with zero attached hydrogens (tertiary/aromatic N) is 5. The van der Waals surface area contributed by atoms with Crippen molar-refractivity contribution >= 4 is 41.9 Å². The molecule has 5 rings (SSSR count). The average molecular weight is 678 g/mol. The van der Waals surface area contributed by atoms with E-state index in [1.54, 1.807) is 25.2 Å². The molecule has 1 aromatic heterocycles. The molecule has 2 aliphatic rings. The SMILES string of the molecule is C=O.COC.COc1ccc(-c2cnc(C(=O)Nc3ccc(C(=O)N4CCN(C(=O)[N+]5(C)CCCC5)CC4)c(Cl)c3)n2C)c(F)c1F. The Morgan fingerprint density at radius 3 is 2.13 bits per heavy atom. The van der Waals surface area contributed by atoms with Crippen molar-refractivity contribution in [1.29, 1.82) is 0 Å². The molecule has 47 heavy (non-hydrogen) atoms. The van der Waals surface area contributed by atoms with E-state index in [0.29, 0.717) is 36.3 Å². The van der Waals surface area contributed by atoms with Gasteiger partial charge in [0.2, 0.25) is 5.82 Å². The van der Waals surface area contributed by atoms with Crippen LogP contribution in [0.5, 0.6) is 5.75 Å². The van der Waals surface area contributed by atoms with E-state index >= 15 is 0 Å². The number of amides is 4. The first kappa shape index (κ1) is 37.1. The third-order valence-corrected chi connectivity index (χ3v) is 8.36. The molecule has 0 atom stereocenters. The van der Waals surface area contributed by atoms with Crippen LogP contribution < -0.4 is 10.1 Å². The Morgan fingerprint density at radius 1 is 0.957 bits per heavy atom. The van der Waals surface area contributed by atoms with E-state index in [9.17, 15) is 23.2 Å². The minimum absolute atomic E-state index is 0.0468. The van der Waals surface area contributed by atoms with Crippen LogP contribution >= 0.6 is 11.6 Å². The van der Waals surface area contributed by atoms with Crippen molar-refractivity contribution in [2.24, 2.45) is 7.05 Å². The number of hydrogen-bond acceptors (Lipinski definition) is 7. The lowest BCUT2D eigenvalue weighted by Gasteiger charge is -2.38. The molecule has 1 N–H and O–H groups in total. The predicted octanol–water partition coefficient (Wildman–Crippen LogP) is 4.48. The lowest BCUT2D eigenvalue weighted by atomic mass is 10.1. The second-order valence-electron chi connectivity index (χ2n) is 11.1. The Labute approximate surface area is 277 Å². The first-order valence-electron chi connectivity index (χ1n) is 14.7. The largest absolute Gasteiger partial charge is 0.494 e. The lowest BCUT2D eigenvalue weighted by Crippen LogP contribution is -2.59. The number of imidazole rings is 1. The van der Waals surface area contributed by atoms with Gasteiger partial charge in [-0.2, -0.15) is 4.39 Å². The van der Waals surface area contributed by atoms with Gasteiger partial charge in [0.1, 0.15) is 6.79 Å². The molecule has 12 nitrogen and oxygen atoms in total. The number of nitrogens with one attached hydrogen (secondary N) is 1. The smallest absolute Gasteiger partial charge is 0.419 e. The van der Waals surface area contributed by atoms with Crippen LogP contribution in [-0.2, 0) is 16.6 Å². The van der Waals surface area contributed by atoms with Gasteiger partial charge >= 0.3 is 6.03 Å². The number of methoxy groups -OCH3 is 2. The number of carbonyl (C=O) groups is 4. The number of aromatic nitrogens is 2. The molecule has 4 amide bonds. The van der Waals surface area contributed by atoms with Gasteiger partial charge in [0.15, 0.2) is 17.4 Å². The van der Waals surface area contributed by atoms with E-state index < -0.39 is 17.5 Å². The first-order chi connectivity index (χ1) is 22.4. The zero-order valence-electron chi connectivity index (χ0n) is 27.1. The number of urea groups is 1. The highest BCUT2D eigenvalue weighted by Crippen LogP contribution is 2.30. The van der Waals surface area contributed by atoms with Gasteiger partial charge in [-0.05, 0) is 30.3 Å². The molecule has 0 saturated carbocycles. The highest BCUT2D eigenvalue weighted by molar-refractivity contribution is 6.34. The van der Waals surface area contributed by atoms with Crippen LogP contribution in [0.25, 0.3) is 11.3 Å². The number of anilines is 1. The molecule has 15 heteroatoms. The number of rotatable bonds is 5. The van der Waals surface area contributed by atoms with E-state index in [1.165, 1.54) is 49.2 Å². The minimum Gasteiger partial charge on any atom is -0.494 e. The summed E-state index contributed by atoms with van der Waals surface area (Å²) in [6, 6.07) is 7.30. The minimum atomic E-state index is -1.14. The zero-order chi connectivity index (χ0) is 34.9. The summed E-state index contributed by atoms with van der Waals surface area (Å²) in [6.07, 6.45) is 3.36. The van der Waals surface area contributed by atoms with E-state index in [2.05, 4.69) is 15.0 Å². The number of likely N-dealkylation sites (tertiary alicyclic amines) is 1. The fourth-order valence-corrected chi connectivity index (χ4v) is 5.81. The second kappa shape index (κ2) is 16.4. The molecule has 0 bridgehead atoms. The molecular formula is C32H40ClF2N6O6+. The summed E-state index contributed by atoms with van der Waals surface area (Å²) in [7, 11) is 7.97. The number of quaternary nitrogens is 1. The van der Waals surface area contributed by atoms with Crippen molar-refractivity contribution in [1.82, 2.24) is 19.4 Å². The van der Waals surface area contributed by atoms with Gasteiger partial charge in [-0.3, -0.25) is 14.5 Å². The standard InChI is InChI=1S/C29H31ClF2N6O4.C2H6O.CH2O/c1-35-22(20-8-9-23(42-3)25(32)24(20)31)17-33-26(35)27(39)34-18-6-7-19(21(30)16-18)28(40)36-10-12-37(13-11-36)29(41)38(2)14-4-5-15-38;1-3-2;1-2/h6-9,16-17H,4-5,10-15H2,1-3H3;1-2H3;1H2/p+1. The summed E-state index contributed by atoms with van der Waals surface area (Å²) < 4.78 is 39.7. The maximum absolute atomic E-state index is 14.6. The lowest BCUT2D eigenvalue weighted by molar-refractivity contribution is -0.820. The van der Waals surface area contributed by atoms with E-state index in [4.69, 9.17) is 21.1 Å². The van der Waals surface area contributed by atoms with Crippen molar-refractivity contribution in [2.75, 3.05) is 73.0 Å². The quantitative estimate of drug-likeness (QED) is 0.395. The molecule has 0 aliphatic carbocycles. The summed E-state index contributed by atoms with van der Waals surface area (Å²) in [4.78, 5) is 54.8. The van der Waals surface area contributed by atoms with Crippen LogP contribution in [0, 0.1) is 11.6 Å². The molecule has 0 unspecified atom stereocenters. The fourth-order valence-electron chi connectivity index (χ4n) is 5.55. The molecule has 3 heterocycles. The molecule has 2 saturated heterocycles. The van der Waals surface area contributed by atoms with Crippen LogP contribution in [0.3, 0.4) is 0 Å². The third-order valence-electron chi connectivity index (χ3n) is 8.04. The number of piperazine rings is 1. The van der Waals surface area contributed by atoms with Gasteiger partial charge < -0.3 is 29.1 Å². The summed E-state index contributed by atoms with van der Waals surface area (Å²) in [6.45, 7) is 5.42. The number of carbonyl (C=O) groups excluding carboxylic acids is 4. The second-order valence-corrected chi connectivity index (χ2v) is 11.5. The summed E-state index contributed by atoms with van der Waals surface area (Å²) in [5.41, 5.74) is 0.719. The molecule has 2 aliphatic heterocycles. The van der Waals surface area contributed by atoms with Gasteiger partial charge in [-0.1, -0.05) is 11.6 Å². The van der Waals surface area contributed by atoms with E-state index in [1.807, 2.05) is 18.7 Å². The van der Waals surface area contributed by atoms with Gasteiger partial charge in [0.25, 0.3) is 11.8 Å². The van der Waals surface area contributed by atoms with Crippen molar-refractivity contribution in [3.05, 3.63) is 64.6 Å². The maximum Gasteiger partial charge on any atom is 0.419 e. The topological polar surface area (TPSA) is 123 Å². The van der Waals surface area contributed by atoms with E-state index in [-0.39, 0.29) is 45.4 Å². The van der Waals surface area contributed by atoms with Crippen LogP contribution in [0.1, 0.15) is 33.8 Å². The molecule has 0 spiro atoms. The van der Waals surface area contributed by atoms with Crippen LogP contribution in [0.4, 0.5) is 19.3 Å². The number of benzene rings is 2. The van der Waals surface area contributed by atoms with Gasteiger partial charge in [0.05, 0.1) is 49.7 Å². The van der Waals surface area contributed by atoms with E-state index in [0.717, 1.165) is 25.9 Å². The molecule has 3 aromatic rings. The highest BCUT2D eigenvalue weighted by atomic mass is 35.5. The van der Waals surface area contributed by atoms with Gasteiger partial charge in [0, 0.05) is 71.5 Å². The summed E-state index contributed by atoms with van der Waals surface area (Å²) >= 11 is 6.45. The third kappa shape index (κ3) is 8.13. The van der Waals surface area contributed by atoms with Crippen LogP contribution in [0.15, 0.2) is 36.5 Å². The Morgan fingerprint density at radius 2 is 1.55 bits per heavy atom.